The molecule has 0 atom stereocenters. The molecule has 4 rings (SSSR count). The molecular formula is C20H18N4O2. The molecule has 0 radical (unpaired) electrons. The number of nitrogens with zero attached hydrogens (tertiary/aromatic N) is 3. The minimum Gasteiger partial charge on any atom is -0.478 e. The number of fused-ring (bicyclic) bond motifs is 1. The zero-order chi connectivity index (χ0) is 18.1. The van der Waals surface area contributed by atoms with Crippen LogP contribution in [0.4, 0.5) is 23.0 Å². The standard InChI is InChI=1S/C20H18N4O2/c1-13-21-18(23-16-7-4-6-15(11-16)20(25)26)12-19(22-13)24-10-9-14-5-2-3-8-17(14)24/h2-8,11-12H,9-10H2,1H3,(H,25,26)(H,21,22,23). The van der Waals surface area contributed by atoms with E-state index in [1.54, 1.807) is 18.2 Å². The minimum absolute atomic E-state index is 0.231. The van der Waals surface area contributed by atoms with Crippen LogP contribution < -0.4 is 10.2 Å². The summed E-state index contributed by atoms with van der Waals surface area (Å²) in [5.74, 6) is 1.17. The van der Waals surface area contributed by atoms with E-state index in [4.69, 9.17) is 5.11 Å². The Bertz CT molecular complexity index is 987. The van der Waals surface area contributed by atoms with Gasteiger partial charge < -0.3 is 15.3 Å². The molecule has 0 bridgehead atoms. The van der Waals surface area contributed by atoms with Crippen molar-refractivity contribution in [3.8, 4) is 0 Å². The van der Waals surface area contributed by atoms with Crippen LogP contribution in [0.2, 0.25) is 0 Å². The van der Waals surface area contributed by atoms with Gasteiger partial charge in [-0.3, -0.25) is 0 Å². The lowest BCUT2D eigenvalue weighted by atomic mass is 10.2. The molecule has 0 aliphatic carbocycles. The van der Waals surface area contributed by atoms with Crippen LogP contribution in [-0.2, 0) is 6.42 Å². The summed E-state index contributed by atoms with van der Waals surface area (Å²) < 4.78 is 0. The normalized spacial score (nSPS) is 12.7. The van der Waals surface area contributed by atoms with E-state index in [9.17, 15) is 4.79 Å². The van der Waals surface area contributed by atoms with Crippen molar-refractivity contribution in [3.63, 3.8) is 0 Å². The van der Waals surface area contributed by atoms with E-state index in [2.05, 4.69) is 38.4 Å². The highest BCUT2D eigenvalue weighted by Crippen LogP contribution is 2.34. The van der Waals surface area contributed by atoms with E-state index in [0.29, 0.717) is 17.3 Å². The first-order chi connectivity index (χ1) is 12.6. The molecule has 0 amide bonds. The molecule has 1 aliphatic rings. The fourth-order valence-corrected chi connectivity index (χ4v) is 3.21. The molecule has 0 fully saturated rings. The maximum atomic E-state index is 11.1. The Morgan fingerprint density at radius 1 is 1.12 bits per heavy atom. The summed E-state index contributed by atoms with van der Waals surface area (Å²) in [4.78, 5) is 22.3. The van der Waals surface area contributed by atoms with Crippen LogP contribution in [0.5, 0.6) is 0 Å². The van der Waals surface area contributed by atoms with Crippen molar-refractivity contribution in [1.29, 1.82) is 0 Å². The van der Waals surface area contributed by atoms with Gasteiger partial charge >= 0.3 is 5.97 Å². The molecule has 2 heterocycles. The smallest absolute Gasteiger partial charge is 0.335 e. The summed E-state index contributed by atoms with van der Waals surface area (Å²) in [6, 6.07) is 16.9. The first-order valence-electron chi connectivity index (χ1n) is 8.42. The van der Waals surface area contributed by atoms with E-state index < -0.39 is 5.97 Å². The lowest BCUT2D eigenvalue weighted by Gasteiger charge is -2.19. The average Bonchev–Trinajstić information content (AvgIpc) is 3.05. The van der Waals surface area contributed by atoms with E-state index in [1.165, 1.54) is 11.3 Å². The van der Waals surface area contributed by atoms with Gasteiger partial charge in [-0.2, -0.15) is 0 Å². The molecule has 26 heavy (non-hydrogen) atoms. The van der Waals surface area contributed by atoms with Crippen LogP contribution in [-0.4, -0.2) is 27.6 Å². The Morgan fingerprint density at radius 2 is 1.96 bits per heavy atom. The summed E-state index contributed by atoms with van der Waals surface area (Å²) in [5.41, 5.74) is 3.39. The van der Waals surface area contributed by atoms with E-state index in [0.717, 1.165) is 18.8 Å². The molecule has 0 saturated heterocycles. The highest BCUT2D eigenvalue weighted by molar-refractivity contribution is 5.89. The fourth-order valence-electron chi connectivity index (χ4n) is 3.21. The molecule has 1 aliphatic heterocycles. The summed E-state index contributed by atoms with van der Waals surface area (Å²) in [6.45, 7) is 2.73. The zero-order valence-corrected chi connectivity index (χ0v) is 14.3. The second kappa shape index (κ2) is 6.48. The number of hydrogen-bond donors (Lipinski definition) is 2. The number of aryl methyl sites for hydroxylation is 1. The van der Waals surface area contributed by atoms with Gasteiger partial charge in [0.25, 0.3) is 0 Å². The quantitative estimate of drug-likeness (QED) is 0.745. The zero-order valence-electron chi connectivity index (χ0n) is 14.3. The maximum Gasteiger partial charge on any atom is 0.335 e. The number of benzene rings is 2. The van der Waals surface area contributed by atoms with Crippen LogP contribution in [0.3, 0.4) is 0 Å². The summed E-state index contributed by atoms with van der Waals surface area (Å²) in [6.07, 6.45) is 0.989. The number of carboxylic acids is 1. The molecule has 3 aromatic rings. The van der Waals surface area contributed by atoms with E-state index in [-0.39, 0.29) is 5.56 Å². The number of aromatic carboxylic acids is 1. The summed E-state index contributed by atoms with van der Waals surface area (Å²) in [7, 11) is 0. The van der Waals surface area contributed by atoms with Crippen molar-refractivity contribution in [2.75, 3.05) is 16.8 Å². The number of carboxylic acid groups (broad SMARTS) is 1. The second-order valence-electron chi connectivity index (χ2n) is 6.20. The lowest BCUT2D eigenvalue weighted by Crippen LogP contribution is -2.16. The molecular weight excluding hydrogens is 328 g/mol. The van der Waals surface area contributed by atoms with Gasteiger partial charge in [-0.15, -0.1) is 0 Å². The van der Waals surface area contributed by atoms with Crippen molar-refractivity contribution < 1.29 is 9.90 Å². The van der Waals surface area contributed by atoms with Gasteiger partial charge in [0, 0.05) is 24.0 Å². The van der Waals surface area contributed by atoms with Crippen molar-refractivity contribution in [1.82, 2.24) is 9.97 Å². The molecule has 2 N–H and O–H groups in total. The van der Waals surface area contributed by atoms with Gasteiger partial charge in [-0.1, -0.05) is 24.3 Å². The second-order valence-corrected chi connectivity index (χ2v) is 6.20. The van der Waals surface area contributed by atoms with Crippen LogP contribution in [0, 0.1) is 6.92 Å². The molecule has 0 spiro atoms. The third-order valence-electron chi connectivity index (χ3n) is 4.37. The lowest BCUT2D eigenvalue weighted by molar-refractivity contribution is 0.0697. The molecule has 1 aromatic heterocycles. The Balaban J connectivity index is 1.65. The Kier molecular flexibility index (Phi) is 4.01. The molecule has 6 heteroatoms. The number of aromatic nitrogens is 2. The van der Waals surface area contributed by atoms with Crippen LogP contribution >= 0.6 is 0 Å². The Morgan fingerprint density at radius 3 is 2.81 bits per heavy atom. The summed E-state index contributed by atoms with van der Waals surface area (Å²) in [5, 5.41) is 12.3. The first-order valence-corrected chi connectivity index (χ1v) is 8.42. The molecule has 2 aromatic carbocycles. The number of para-hydroxylation sites is 1. The predicted octanol–water partition coefficient (Wildman–Crippen LogP) is 3.92. The Labute approximate surface area is 151 Å². The third-order valence-corrected chi connectivity index (χ3v) is 4.37. The number of hydrogen-bond acceptors (Lipinski definition) is 5. The average molecular weight is 346 g/mol. The van der Waals surface area contributed by atoms with E-state index >= 15 is 0 Å². The van der Waals surface area contributed by atoms with E-state index in [1.807, 2.05) is 25.1 Å². The highest BCUT2D eigenvalue weighted by atomic mass is 16.4. The SMILES string of the molecule is Cc1nc(Nc2cccc(C(=O)O)c2)cc(N2CCc3ccccc32)n1. The van der Waals surface area contributed by atoms with Crippen LogP contribution in [0.15, 0.2) is 54.6 Å². The van der Waals surface area contributed by atoms with Gasteiger partial charge in [0.15, 0.2) is 0 Å². The third kappa shape index (κ3) is 3.09. The predicted molar refractivity (Wildman–Crippen MR) is 101 cm³/mol. The monoisotopic (exact) mass is 346 g/mol. The van der Waals surface area contributed by atoms with Gasteiger partial charge in [0.2, 0.25) is 0 Å². The molecule has 6 nitrogen and oxygen atoms in total. The molecule has 130 valence electrons. The highest BCUT2D eigenvalue weighted by Gasteiger charge is 2.21. The van der Waals surface area contributed by atoms with Crippen molar-refractivity contribution in [2.24, 2.45) is 0 Å². The van der Waals surface area contributed by atoms with Gasteiger partial charge in [0.1, 0.15) is 17.5 Å². The van der Waals surface area contributed by atoms with Crippen molar-refractivity contribution in [3.05, 3.63) is 71.5 Å². The van der Waals surface area contributed by atoms with Crippen molar-refractivity contribution >= 4 is 29.0 Å². The first kappa shape index (κ1) is 16.1. The van der Waals surface area contributed by atoms with Crippen LogP contribution in [0.1, 0.15) is 21.7 Å². The minimum atomic E-state index is -0.957. The number of carbonyl (C=O) groups is 1. The van der Waals surface area contributed by atoms with Crippen LogP contribution in [0.25, 0.3) is 0 Å². The molecule has 0 unspecified atom stereocenters. The number of rotatable bonds is 4. The summed E-state index contributed by atoms with van der Waals surface area (Å²) >= 11 is 0. The fraction of sp³-hybridized carbons (Fsp3) is 0.150. The molecule has 0 saturated carbocycles. The maximum absolute atomic E-state index is 11.1. The topological polar surface area (TPSA) is 78.3 Å². The van der Waals surface area contributed by atoms with Gasteiger partial charge in [-0.25, -0.2) is 14.8 Å². The number of nitrogens with one attached hydrogen (secondary N) is 1. The number of anilines is 4. The Hall–Kier alpha value is -3.41. The van der Waals surface area contributed by atoms with Gasteiger partial charge in [0.05, 0.1) is 5.56 Å². The van der Waals surface area contributed by atoms with Crippen molar-refractivity contribution in [2.45, 2.75) is 13.3 Å². The van der Waals surface area contributed by atoms with Gasteiger partial charge in [-0.05, 0) is 43.2 Å². The largest absolute Gasteiger partial charge is 0.478 e.